The number of ether oxygens (including phenoxy) is 2. The van der Waals surface area contributed by atoms with Crippen molar-refractivity contribution < 1.29 is 33.2 Å². The zero-order chi connectivity index (χ0) is 22.5. The molecule has 0 fully saturated rings. The number of anilines is 1. The molecule has 0 saturated heterocycles. The first-order chi connectivity index (χ1) is 14.8. The van der Waals surface area contributed by atoms with E-state index in [0.717, 1.165) is 12.1 Å². The van der Waals surface area contributed by atoms with Crippen molar-refractivity contribution >= 4 is 29.3 Å². The van der Waals surface area contributed by atoms with E-state index in [4.69, 9.17) is 19.6 Å². The molecule has 1 aromatic carbocycles. The number of benzene rings is 1. The van der Waals surface area contributed by atoms with Crippen LogP contribution in [0.4, 0.5) is 16.2 Å². The normalized spacial score (nSPS) is 15.6. The van der Waals surface area contributed by atoms with Gasteiger partial charge in [-0.3, -0.25) is 10.1 Å². The summed E-state index contributed by atoms with van der Waals surface area (Å²) in [5.74, 6) is -1.46. The predicted octanol–water partition coefficient (Wildman–Crippen LogP) is 1.80. The molecule has 0 aliphatic carbocycles. The van der Waals surface area contributed by atoms with Crippen molar-refractivity contribution in [2.24, 2.45) is 0 Å². The van der Waals surface area contributed by atoms with E-state index in [9.17, 15) is 24.5 Å². The molecule has 3 rings (SSSR count). The molecule has 12 nitrogen and oxygen atoms in total. The van der Waals surface area contributed by atoms with Crippen LogP contribution >= 0.6 is 0 Å². The molecule has 0 saturated carbocycles. The number of nitrogens with two attached hydrogens (primary N) is 1. The largest absolute Gasteiger partial charge is 0.467 e. The molecule has 1 aliphatic rings. The van der Waals surface area contributed by atoms with Gasteiger partial charge in [0.15, 0.2) is 0 Å². The van der Waals surface area contributed by atoms with Gasteiger partial charge >= 0.3 is 18.0 Å². The average Bonchev–Trinajstić information content (AvgIpc) is 3.26. The van der Waals surface area contributed by atoms with Gasteiger partial charge in [0.05, 0.1) is 34.6 Å². The molecule has 0 bridgehead atoms. The Labute approximate surface area is 175 Å². The van der Waals surface area contributed by atoms with Gasteiger partial charge in [-0.25, -0.2) is 14.4 Å². The highest BCUT2D eigenvalue weighted by molar-refractivity contribution is 5.97. The highest BCUT2D eigenvalue weighted by Crippen LogP contribution is 2.28. The summed E-state index contributed by atoms with van der Waals surface area (Å²) in [6.07, 6.45) is 1.37. The lowest BCUT2D eigenvalue weighted by atomic mass is 10.0. The number of nitro benzene ring substituents is 1. The smallest absolute Gasteiger partial charge is 0.340 e. The van der Waals surface area contributed by atoms with Gasteiger partial charge in [0.25, 0.3) is 5.69 Å². The second-order valence-electron chi connectivity index (χ2n) is 6.26. The van der Waals surface area contributed by atoms with Gasteiger partial charge in [0.2, 0.25) is 0 Å². The van der Waals surface area contributed by atoms with Crippen molar-refractivity contribution in [1.29, 1.82) is 0 Å². The number of amides is 2. The summed E-state index contributed by atoms with van der Waals surface area (Å²) in [6, 6.07) is 4.84. The summed E-state index contributed by atoms with van der Waals surface area (Å²) in [6.45, 7) is 1.15. The molecular formula is C19H18N4O8. The first kappa shape index (κ1) is 21.4. The van der Waals surface area contributed by atoms with Crippen LogP contribution in [0, 0.1) is 10.1 Å². The van der Waals surface area contributed by atoms with Gasteiger partial charge in [0, 0.05) is 17.8 Å². The maximum atomic E-state index is 12.6. The number of rotatable bonds is 7. The Balaban J connectivity index is 1.91. The maximum absolute atomic E-state index is 12.6. The molecule has 4 N–H and O–H groups in total. The molecule has 2 heterocycles. The molecule has 31 heavy (non-hydrogen) atoms. The Hall–Kier alpha value is -4.35. The highest BCUT2D eigenvalue weighted by atomic mass is 16.6. The van der Waals surface area contributed by atoms with Crippen LogP contribution in [0.1, 0.15) is 29.1 Å². The zero-order valence-corrected chi connectivity index (χ0v) is 16.2. The second kappa shape index (κ2) is 8.98. The van der Waals surface area contributed by atoms with Gasteiger partial charge in [-0.2, -0.15) is 0 Å². The number of urea groups is 1. The summed E-state index contributed by atoms with van der Waals surface area (Å²) in [4.78, 5) is 47.4. The van der Waals surface area contributed by atoms with Gasteiger partial charge in [0.1, 0.15) is 18.4 Å². The third kappa shape index (κ3) is 4.63. The molecular weight excluding hydrogens is 412 g/mol. The lowest BCUT2D eigenvalue weighted by Crippen LogP contribution is -2.47. The molecule has 162 valence electrons. The minimum Gasteiger partial charge on any atom is -0.467 e. The first-order valence-electron chi connectivity index (χ1n) is 9.04. The van der Waals surface area contributed by atoms with E-state index in [1.54, 1.807) is 19.1 Å². The molecule has 1 aromatic heterocycles. The number of hydrogen-bond donors (Lipinski definition) is 3. The summed E-state index contributed by atoms with van der Waals surface area (Å²) in [5, 5.41) is 15.9. The Morgan fingerprint density at radius 2 is 2.03 bits per heavy atom. The van der Waals surface area contributed by atoms with Crippen molar-refractivity contribution in [2.75, 3.05) is 18.9 Å². The molecule has 2 aromatic rings. The maximum Gasteiger partial charge on any atom is 0.340 e. The van der Waals surface area contributed by atoms with Crippen LogP contribution in [-0.4, -0.2) is 36.1 Å². The summed E-state index contributed by atoms with van der Waals surface area (Å²) in [7, 11) is 0. The molecule has 2 amide bonds. The van der Waals surface area contributed by atoms with Crippen LogP contribution in [0.15, 0.2) is 52.3 Å². The molecule has 1 aliphatic heterocycles. The Bertz CT molecular complexity index is 1060. The van der Waals surface area contributed by atoms with Crippen molar-refractivity contribution in [3.05, 3.63) is 69.3 Å². The number of nitrogens with one attached hydrogen (secondary N) is 2. The number of nitrogens with zero attached hydrogens (tertiary/aromatic N) is 1. The van der Waals surface area contributed by atoms with E-state index in [0.29, 0.717) is 0 Å². The predicted molar refractivity (Wildman–Crippen MR) is 105 cm³/mol. The summed E-state index contributed by atoms with van der Waals surface area (Å²) in [5.41, 5.74) is 5.07. The van der Waals surface area contributed by atoms with Gasteiger partial charge < -0.3 is 30.3 Å². The van der Waals surface area contributed by atoms with E-state index in [-0.39, 0.29) is 40.6 Å². The SMILES string of the molecule is CCOC(=O)C1=C(COC(=O)c2cc([N+](=O)[O-])ccc2N)NC(=O)NC1c1ccco1. The molecule has 0 spiro atoms. The monoisotopic (exact) mass is 430 g/mol. The van der Waals surface area contributed by atoms with Crippen LogP contribution < -0.4 is 16.4 Å². The Kier molecular flexibility index (Phi) is 6.19. The highest BCUT2D eigenvalue weighted by Gasteiger charge is 2.35. The third-order valence-corrected chi connectivity index (χ3v) is 4.29. The van der Waals surface area contributed by atoms with Crippen LogP contribution in [0.5, 0.6) is 0 Å². The fourth-order valence-electron chi connectivity index (χ4n) is 2.90. The number of esters is 2. The number of carbonyl (C=O) groups excluding carboxylic acids is 3. The number of furan rings is 1. The fraction of sp³-hybridized carbons (Fsp3) is 0.211. The standard InChI is InChI=1S/C19H18N4O8/c1-2-29-18(25)15-13(21-19(26)22-16(15)14-4-3-7-30-14)9-31-17(24)11-8-10(23(27)28)5-6-12(11)20/h3-8,16H,2,9,20H2,1H3,(H2,21,22,26). The minimum absolute atomic E-state index is 0.0174. The second-order valence-corrected chi connectivity index (χ2v) is 6.26. The first-order valence-corrected chi connectivity index (χ1v) is 9.04. The summed E-state index contributed by atoms with van der Waals surface area (Å²) < 4.78 is 15.5. The lowest BCUT2D eigenvalue weighted by molar-refractivity contribution is -0.384. The molecule has 1 atom stereocenters. The van der Waals surface area contributed by atoms with Crippen molar-refractivity contribution in [3.63, 3.8) is 0 Å². The van der Waals surface area contributed by atoms with Gasteiger partial charge in [-0.05, 0) is 25.1 Å². The lowest BCUT2D eigenvalue weighted by Gasteiger charge is -2.27. The minimum atomic E-state index is -0.973. The average molecular weight is 430 g/mol. The topological polar surface area (TPSA) is 176 Å². The fourth-order valence-corrected chi connectivity index (χ4v) is 2.90. The zero-order valence-electron chi connectivity index (χ0n) is 16.2. The van der Waals surface area contributed by atoms with Crippen molar-refractivity contribution in [3.8, 4) is 0 Å². The third-order valence-electron chi connectivity index (χ3n) is 4.29. The van der Waals surface area contributed by atoms with Crippen LogP contribution in [-0.2, 0) is 14.3 Å². The Morgan fingerprint density at radius 1 is 1.26 bits per heavy atom. The van der Waals surface area contributed by atoms with Gasteiger partial charge in [-0.1, -0.05) is 0 Å². The van der Waals surface area contributed by atoms with Crippen LogP contribution in [0.2, 0.25) is 0 Å². The number of nitrogen functional groups attached to an aromatic ring is 1. The number of carbonyl (C=O) groups is 3. The number of hydrogen-bond acceptors (Lipinski definition) is 9. The van der Waals surface area contributed by atoms with E-state index >= 15 is 0 Å². The van der Waals surface area contributed by atoms with E-state index in [1.165, 1.54) is 12.3 Å². The van der Waals surface area contributed by atoms with Crippen LogP contribution in [0.3, 0.4) is 0 Å². The van der Waals surface area contributed by atoms with Crippen molar-refractivity contribution in [1.82, 2.24) is 10.6 Å². The molecule has 1 unspecified atom stereocenters. The van der Waals surface area contributed by atoms with E-state index < -0.39 is 35.5 Å². The van der Waals surface area contributed by atoms with Crippen LogP contribution in [0.25, 0.3) is 0 Å². The van der Waals surface area contributed by atoms with Crippen molar-refractivity contribution in [2.45, 2.75) is 13.0 Å². The number of nitro groups is 1. The number of non-ortho nitro benzene ring substituents is 1. The Morgan fingerprint density at radius 3 is 2.68 bits per heavy atom. The van der Waals surface area contributed by atoms with E-state index in [2.05, 4.69) is 10.6 Å². The molecule has 0 radical (unpaired) electrons. The van der Waals surface area contributed by atoms with E-state index in [1.807, 2.05) is 0 Å². The van der Waals surface area contributed by atoms with Gasteiger partial charge in [-0.15, -0.1) is 0 Å². The quantitative estimate of drug-likeness (QED) is 0.256. The summed E-state index contributed by atoms with van der Waals surface area (Å²) >= 11 is 0. The molecule has 12 heteroatoms.